The van der Waals surface area contributed by atoms with Crippen molar-refractivity contribution in [2.75, 3.05) is 6.54 Å². The lowest BCUT2D eigenvalue weighted by Crippen LogP contribution is -2.23. The van der Waals surface area contributed by atoms with Crippen LogP contribution in [0.4, 0.5) is 4.39 Å². The van der Waals surface area contributed by atoms with Gasteiger partial charge in [0.1, 0.15) is 5.82 Å². The monoisotopic (exact) mass is 311 g/mol. The van der Waals surface area contributed by atoms with Gasteiger partial charge in [-0.3, -0.25) is 0 Å². The minimum Gasteiger partial charge on any atom is -0.310 e. The minimum atomic E-state index is -0.227. The Bertz CT molecular complexity index is 586. The molecule has 1 N–H and O–H groups in total. The highest BCUT2D eigenvalue weighted by atomic mass is 35.5. The number of benzene rings is 2. The van der Waals surface area contributed by atoms with Crippen LogP contribution in [0.15, 0.2) is 42.5 Å². The molecule has 1 atom stereocenters. The fourth-order valence-electron chi connectivity index (χ4n) is 2.23. The molecule has 0 saturated heterocycles. The Kier molecular flexibility index (Phi) is 5.41. The Morgan fingerprint density at radius 3 is 2.60 bits per heavy atom. The van der Waals surface area contributed by atoms with E-state index in [-0.39, 0.29) is 11.9 Å². The van der Waals surface area contributed by atoms with E-state index in [9.17, 15) is 4.39 Å². The van der Waals surface area contributed by atoms with Crippen molar-refractivity contribution in [2.24, 2.45) is 0 Å². The molecule has 2 aromatic rings. The molecule has 0 radical (unpaired) electrons. The first-order valence-electron chi connectivity index (χ1n) is 6.53. The number of halogens is 3. The lowest BCUT2D eigenvalue weighted by molar-refractivity contribution is 0.547. The lowest BCUT2D eigenvalue weighted by atomic mass is 9.98. The summed E-state index contributed by atoms with van der Waals surface area (Å²) in [5, 5.41) is 4.46. The van der Waals surface area contributed by atoms with Crippen molar-refractivity contribution in [3.8, 4) is 0 Å². The molecule has 20 heavy (non-hydrogen) atoms. The molecule has 0 bridgehead atoms. The van der Waals surface area contributed by atoms with Crippen LogP contribution >= 0.6 is 23.2 Å². The zero-order valence-electron chi connectivity index (χ0n) is 11.2. The van der Waals surface area contributed by atoms with Gasteiger partial charge in [-0.05, 0) is 42.3 Å². The van der Waals surface area contributed by atoms with Crippen LogP contribution in [0, 0.1) is 5.82 Å². The van der Waals surface area contributed by atoms with E-state index in [4.69, 9.17) is 23.2 Å². The van der Waals surface area contributed by atoms with Gasteiger partial charge < -0.3 is 5.32 Å². The van der Waals surface area contributed by atoms with Gasteiger partial charge >= 0.3 is 0 Å². The Balaban J connectivity index is 2.29. The minimum absolute atomic E-state index is 0.00741. The van der Waals surface area contributed by atoms with Crippen LogP contribution in [0.1, 0.15) is 24.1 Å². The second-order valence-electron chi connectivity index (χ2n) is 4.59. The molecular weight excluding hydrogens is 296 g/mol. The first kappa shape index (κ1) is 15.3. The molecule has 1 nitrogen and oxygen atoms in total. The number of hydrogen-bond acceptors (Lipinski definition) is 1. The first-order chi connectivity index (χ1) is 9.61. The van der Waals surface area contributed by atoms with Crippen molar-refractivity contribution in [1.82, 2.24) is 5.32 Å². The smallest absolute Gasteiger partial charge is 0.123 e. The molecule has 0 fully saturated rings. The van der Waals surface area contributed by atoms with Gasteiger partial charge in [0.2, 0.25) is 0 Å². The van der Waals surface area contributed by atoms with Gasteiger partial charge in [-0.15, -0.1) is 0 Å². The predicted molar refractivity (Wildman–Crippen MR) is 83.0 cm³/mol. The van der Waals surface area contributed by atoms with Gasteiger partial charge in [-0.25, -0.2) is 4.39 Å². The van der Waals surface area contributed by atoms with Crippen molar-refractivity contribution in [3.63, 3.8) is 0 Å². The first-order valence-corrected chi connectivity index (χ1v) is 7.29. The number of hydrogen-bond donors (Lipinski definition) is 1. The van der Waals surface area contributed by atoms with Crippen molar-refractivity contribution in [2.45, 2.75) is 19.4 Å². The van der Waals surface area contributed by atoms with Gasteiger partial charge in [0.05, 0.1) is 10.0 Å². The average molecular weight is 312 g/mol. The molecule has 0 spiro atoms. The normalized spacial score (nSPS) is 12.4. The largest absolute Gasteiger partial charge is 0.310 e. The van der Waals surface area contributed by atoms with E-state index >= 15 is 0 Å². The van der Waals surface area contributed by atoms with Crippen LogP contribution < -0.4 is 5.32 Å². The average Bonchev–Trinajstić information content (AvgIpc) is 2.42. The summed E-state index contributed by atoms with van der Waals surface area (Å²) in [7, 11) is 0. The SMILES string of the molecule is CCNC(Cc1cccc(F)c1)c1cccc(Cl)c1Cl. The van der Waals surface area contributed by atoms with Gasteiger partial charge in [-0.1, -0.05) is 54.4 Å². The van der Waals surface area contributed by atoms with E-state index < -0.39 is 0 Å². The van der Waals surface area contributed by atoms with Crippen molar-refractivity contribution in [3.05, 3.63) is 69.5 Å². The van der Waals surface area contributed by atoms with Crippen LogP contribution in [0.2, 0.25) is 10.0 Å². The maximum absolute atomic E-state index is 13.3. The molecule has 0 heterocycles. The Labute approximate surface area is 128 Å². The van der Waals surface area contributed by atoms with Crippen LogP contribution in [-0.4, -0.2) is 6.54 Å². The Morgan fingerprint density at radius 1 is 1.15 bits per heavy atom. The summed E-state index contributed by atoms with van der Waals surface area (Å²) in [5.74, 6) is -0.227. The molecule has 0 aliphatic carbocycles. The molecule has 1 unspecified atom stereocenters. The standard InChI is InChI=1S/C16H16Cl2FN/c1-2-20-15(10-11-5-3-6-12(19)9-11)13-7-4-8-14(17)16(13)18/h3-9,15,20H,2,10H2,1H3. The zero-order chi connectivity index (χ0) is 14.5. The summed E-state index contributed by atoms with van der Waals surface area (Å²) < 4.78 is 13.3. The molecule has 106 valence electrons. The fraction of sp³-hybridized carbons (Fsp3) is 0.250. The van der Waals surface area contributed by atoms with E-state index in [1.165, 1.54) is 6.07 Å². The Morgan fingerprint density at radius 2 is 1.90 bits per heavy atom. The van der Waals surface area contributed by atoms with Crippen LogP contribution in [0.25, 0.3) is 0 Å². The summed E-state index contributed by atoms with van der Waals surface area (Å²) >= 11 is 12.3. The highest BCUT2D eigenvalue weighted by Crippen LogP contribution is 2.31. The van der Waals surface area contributed by atoms with Crippen LogP contribution in [0.5, 0.6) is 0 Å². The molecule has 0 aliphatic rings. The summed E-state index contributed by atoms with van der Waals surface area (Å²) in [6.45, 7) is 2.82. The van der Waals surface area contributed by atoms with E-state index in [0.717, 1.165) is 17.7 Å². The topological polar surface area (TPSA) is 12.0 Å². The van der Waals surface area contributed by atoms with Crippen LogP contribution in [0.3, 0.4) is 0 Å². The summed E-state index contributed by atoms with van der Waals surface area (Å²) in [4.78, 5) is 0. The third-order valence-electron chi connectivity index (χ3n) is 3.14. The lowest BCUT2D eigenvalue weighted by Gasteiger charge is -2.20. The van der Waals surface area contributed by atoms with Gasteiger partial charge in [0, 0.05) is 6.04 Å². The number of rotatable bonds is 5. The second kappa shape index (κ2) is 7.07. The quantitative estimate of drug-likeness (QED) is 0.817. The number of likely N-dealkylation sites (N-methyl/N-ethyl adjacent to an activating group) is 1. The van der Waals surface area contributed by atoms with E-state index in [1.807, 2.05) is 25.1 Å². The van der Waals surface area contributed by atoms with Crippen LogP contribution in [-0.2, 0) is 6.42 Å². The maximum Gasteiger partial charge on any atom is 0.123 e. The molecule has 0 aliphatic heterocycles. The highest BCUT2D eigenvalue weighted by Gasteiger charge is 2.16. The Hall–Kier alpha value is -1.09. The molecule has 4 heteroatoms. The molecule has 0 saturated carbocycles. The fourth-order valence-corrected chi connectivity index (χ4v) is 2.67. The zero-order valence-corrected chi connectivity index (χ0v) is 12.7. The highest BCUT2D eigenvalue weighted by molar-refractivity contribution is 6.42. The third-order valence-corrected chi connectivity index (χ3v) is 3.97. The van der Waals surface area contributed by atoms with Gasteiger partial charge in [-0.2, -0.15) is 0 Å². The molecular formula is C16H16Cl2FN. The molecule has 0 amide bonds. The van der Waals surface area contributed by atoms with E-state index in [2.05, 4.69) is 5.32 Å². The third kappa shape index (κ3) is 3.72. The molecule has 0 aromatic heterocycles. The van der Waals surface area contributed by atoms with Crippen molar-refractivity contribution < 1.29 is 4.39 Å². The van der Waals surface area contributed by atoms with Gasteiger partial charge in [0.25, 0.3) is 0 Å². The van der Waals surface area contributed by atoms with E-state index in [1.54, 1.807) is 18.2 Å². The van der Waals surface area contributed by atoms with Crippen molar-refractivity contribution in [1.29, 1.82) is 0 Å². The van der Waals surface area contributed by atoms with E-state index in [0.29, 0.717) is 16.5 Å². The van der Waals surface area contributed by atoms with Crippen molar-refractivity contribution >= 4 is 23.2 Å². The maximum atomic E-state index is 13.3. The predicted octanol–water partition coefficient (Wildman–Crippen LogP) is 5.03. The number of nitrogens with one attached hydrogen (secondary N) is 1. The summed E-state index contributed by atoms with van der Waals surface area (Å²) in [6, 6.07) is 12.2. The van der Waals surface area contributed by atoms with Gasteiger partial charge in [0.15, 0.2) is 0 Å². The summed E-state index contributed by atoms with van der Waals surface area (Å²) in [5.41, 5.74) is 1.86. The molecule has 2 rings (SSSR count). The summed E-state index contributed by atoms with van der Waals surface area (Å²) in [6.07, 6.45) is 0.658. The second-order valence-corrected chi connectivity index (χ2v) is 5.37. The molecule has 2 aromatic carbocycles.